The molecule has 2 fully saturated rings. The van der Waals surface area contributed by atoms with Crippen LogP contribution >= 0.6 is 28.1 Å². The van der Waals surface area contributed by atoms with Gasteiger partial charge in [-0.3, -0.25) is 9.59 Å². The highest BCUT2D eigenvalue weighted by atomic mass is 79.9. The average molecular weight is 509 g/mol. The van der Waals surface area contributed by atoms with Crippen molar-refractivity contribution < 1.29 is 19.1 Å². The molecule has 5 rings (SSSR count). The number of imide groups is 1. The zero-order valence-corrected chi connectivity index (χ0v) is 19.3. The van der Waals surface area contributed by atoms with Crippen LogP contribution in [0, 0.1) is 0 Å². The number of hydrogen-bond donors (Lipinski definition) is 1. The van der Waals surface area contributed by atoms with E-state index in [2.05, 4.69) is 21.2 Å². The Hall–Kier alpha value is -3.23. The van der Waals surface area contributed by atoms with Gasteiger partial charge in [-0.25, -0.2) is 4.90 Å². The molecule has 32 heavy (non-hydrogen) atoms. The summed E-state index contributed by atoms with van der Waals surface area (Å²) in [5.41, 5.74) is -1.78. The number of anilines is 1. The molecule has 160 valence electrons. The molecule has 0 spiro atoms. The first kappa shape index (κ1) is 20.7. The topological polar surface area (TPSA) is 67.9 Å². The van der Waals surface area contributed by atoms with Crippen LogP contribution in [0.2, 0.25) is 0 Å². The van der Waals surface area contributed by atoms with Crippen LogP contribution < -0.4 is 15.0 Å². The Labute approximate surface area is 198 Å². The van der Waals surface area contributed by atoms with E-state index in [4.69, 9.17) is 21.7 Å². The summed E-state index contributed by atoms with van der Waals surface area (Å²) in [6, 6.07) is 23.0. The molecule has 2 amide bonds. The van der Waals surface area contributed by atoms with Gasteiger partial charge >= 0.3 is 0 Å². The second-order valence-corrected chi connectivity index (χ2v) is 8.75. The van der Waals surface area contributed by atoms with Gasteiger partial charge in [0, 0.05) is 10.0 Å². The molecule has 2 heterocycles. The van der Waals surface area contributed by atoms with E-state index in [0.29, 0.717) is 22.6 Å². The highest BCUT2D eigenvalue weighted by Crippen LogP contribution is 2.55. The number of halogens is 1. The number of benzene rings is 3. The minimum absolute atomic E-state index is 0.00934. The summed E-state index contributed by atoms with van der Waals surface area (Å²) in [6.45, 7) is 0. The number of carbonyl (C=O) groups is 2. The second-order valence-electron chi connectivity index (χ2n) is 7.47. The Morgan fingerprint density at radius 3 is 2.28 bits per heavy atom. The van der Waals surface area contributed by atoms with Crippen LogP contribution in [-0.2, 0) is 25.5 Å². The number of nitrogens with one attached hydrogen (secondary N) is 1. The molecular formula is C24H17BrN2O4S. The van der Waals surface area contributed by atoms with Gasteiger partial charge in [0.2, 0.25) is 0 Å². The molecule has 6 nitrogen and oxygen atoms in total. The van der Waals surface area contributed by atoms with Crippen LogP contribution in [0.4, 0.5) is 5.69 Å². The van der Waals surface area contributed by atoms with Crippen molar-refractivity contribution >= 4 is 50.8 Å². The Morgan fingerprint density at radius 2 is 1.62 bits per heavy atom. The van der Waals surface area contributed by atoms with E-state index in [1.165, 1.54) is 0 Å². The first-order valence-electron chi connectivity index (χ1n) is 9.80. The maximum atomic E-state index is 14.1. The third kappa shape index (κ3) is 2.66. The number of amides is 2. The summed E-state index contributed by atoms with van der Waals surface area (Å²) in [7, 11) is 1.55. The molecule has 0 aliphatic carbocycles. The molecule has 0 radical (unpaired) electrons. The standard InChI is InChI=1S/C24H17BrN2O4S/c1-30-19-12-10-18(11-13-19)27-20(28)23(15-6-3-2-4-7-15)24(21(27)29,31-22(32)26-23)16-8-5-9-17(25)14-16/h2-14H,1H3,(H,26,32)/t23-,24+/m0/s1. The highest BCUT2D eigenvalue weighted by molar-refractivity contribution is 9.10. The first-order valence-corrected chi connectivity index (χ1v) is 11.0. The second kappa shape index (κ2) is 7.43. The molecule has 2 aliphatic heterocycles. The van der Waals surface area contributed by atoms with E-state index in [1.54, 1.807) is 61.7 Å². The summed E-state index contributed by atoms with van der Waals surface area (Å²) >= 11 is 8.83. The minimum atomic E-state index is -1.72. The largest absolute Gasteiger partial charge is 0.497 e. The Bertz CT molecular complexity index is 1250. The van der Waals surface area contributed by atoms with E-state index in [9.17, 15) is 9.59 Å². The number of rotatable bonds is 4. The first-order chi connectivity index (χ1) is 15.4. The fraction of sp³-hybridized carbons (Fsp3) is 0.125. The predicted octanol–water partition coefficient (Wildman–Crippen LogP) is 4.03. The lowest BCUT2D eigenvalue weighted by atomic mass is 9.73. The molecule has 2 aliphatic rings. The third-order valence-corrected chi connectivity index (χ3v) is 6.54. The van der Waals surface area contributed by atoms with Crippen LogP contribution in [0.1, 0.15) is 11.1 Å². The van der Waals surface area contributed by atoms with Gasteiger partial charge in [0.1, 0.15) is 5.75 Å². The molecule has 3 aromatic rings. The van der Waals surface area contributed by atoms with Gasteiger partial charge < -0.3 is 14.8 Å². The summed E-state index contributed by atoms with van der Waals surface area (Å²) in [4.78, 5) is 29.4. The number of nitrogens with zero attached hydrogens (tertiary/aromatic N) is 1. The summed E-state index contributed by atoms with van der Waals surface area (Å²) in [6.07, 6.45) is 0. The molecule has 0 unspecified atom stereocenters. The minimum Gasteiger partial charge on any atom is -0.497 e. The molecule has 2 saturated heterocycles. The van der Waals surface area contributed by atoms with Crippen molar-refractivity contribution in [3.8, 4) is 5.75 Å². The lowest BCUT2D eigenvalue weighted by Crippen LogP contribution is -2.55. The zero-order chi connectivity index (χ0) is 22.5. The SMILES string of the molecule is COc1ccc(N2C(=O)[C@]3(c4ccccc4)NC(=S)O[C@]3(c3cccc(Br)c3)C2=O)cc1. The molecule has 0 bridgehead atoms. The van der Waals surface area contributed by atoms with Gasteiger partial charge in [-0.05, 0) is 54.2 Å². The van der Waals surface area contributed by atoms with E-state index in [0.717, 1.165) is 9.37 Å². The third-order valence-electron chi connectivity index (χ3n) is 5.86. The monoisotopic (exact) mass is 508 g/mol. The Kier molecular flexibility index (Phi) is 4.79. The van der Waals surface area contributed by atoms with E-state index < -0.39 is 23.0 Å². The van der Waals surface area contributed by atoms with Crippen molar-refractivity contribution in [1.82, 2.24) is 5.32 Å². The van der Waals surface area contributed by atoms with Gasteiger partial charge in [0.05, 0.1) is 12.8 Å². The number of hydrogen-bond acceptors (Lipinski definition) is 5. The van der Waals surface area contributed by atoms with E-state index in [1.807, 2.05) is 24.3 Å². The van der Waals surface area contributed by atoms with Gasteiger partial charge in [-0.15, -0.1) is 0 Å². The van der Waals surface area contributed by atoms with Crippen molar-refractivity contribution in [3.05, 3.63) is 94.5 Å². The number of ether oxygens (including phenoxy) is 2. The smallest absolute Gasteiger partial charge is 0.286 e. The van der Waals surface area contributed by atoms with Gasteiger partial charge in [0.25, 0.3) is 22.6 Å². The lowest BCUT2D eigenvalue weighted by molar-refractivity contribution is -0.135. The summed E-state index contributed by atoms with van der Waals surface area (Å²) < 4.78 is 12.1. The van der Waals surface area contributed by atoms with Crippen molar-refractivity contribution in [2.75, 3.05) is 12.0 Å². The van der Waals surface area contributed by atoms with Crippen LogP contribution in [0.25, 0.3) is 0 Å². The van der Waals surface area contributed by atoms with Crippen LogP contribution in [0.3, 0.4) is 0 Å². The molecule has 0 saturated carbocycles. The molecule has 0 aromatic heterocycles. The molecule has 1 N–H and O–H groups in total. The number of fused-ring (bicyclic) bond motifs is 1. The van der Waals surface area contributed by atoms with Gasteiger partial charge in [-0.2, -0.15) is 0 Å². The van der Waals surface area contributed by atoms with Crippen LogP contribution in [0.15, 0.2) is 83.3 Å². The summed E-state index contributed by atoms with van der Waals surface area (Å²) in [5, 5.41) is 3.05. The fourth-order valence-electron chi connectivity index (χ4n) is 4.47. The lowest BCUT2D eigenvalue weighted by Gasteiger charge is -2.33. The Balaban J connectivity index is 1.80. The van der Waals surface area contributed by atoms with Crippen LogP contribution in [0.5, 0.6) is 5.75 Å². The fourth-order valence-corrected chi connectivity index (χ4v) is 5.14. The predicted molar refractivity (Wildman–Crippen MR) is 126 cm³/mol. The average Bonchev–Trinajstić information content (AvgIpc) is 3.23. The van der Waals surface area contributed by atoms with Crippen molar-refractivity contribution in [2.24, 2.45) is 0 Å². The number of thiocarbonyl (C=S) groups is 1. The van der Waals surface area contributed by atoms with Gasteiger partial charge in [-0.1, -0.05) is 58.4 Å². The van der Waals surface area contributed by atoms with E-state index >= 15 is 0 Å². The van der Waals surface area contributed by atoms with Crippen molar-refractivity contribution in [1.29, 1.82) is 0 Å². The molecular weight excluding hydrogens is 492 g/mol. The summed E-state index contributed by atoms with van der Waals surface area (Å²) in [5.74, 6) is -0.385. The Morgan fingerprint density at radius 1 is 0.938 bits per heavy atom. The van der Waals surface area contributed by atoms with E-state index in [-0.39, 0.29) is 5.17 Å². The quantitative estimate of drug-likeness (QED) is 0.424. The van der Waals surface area contributed by atoms with Crippen molar-refractivity contribution in [2.45, 2.75) is 11.1 Å². The molecule has 8 heteroatoms. The normalized spacial score (nSPS) is 24.2. The molecule has 3 aromatic carbocycles. The van der Waals surface area contributed by atoms with Gasteiger partial charge in [0.15, 0.2) is 5.54 Å². The molecule has 2 atom stereocenters. The van der Waals surface area contributed by atoms with Crippen molar-refractivity contribution in [3.63, 3.8) is 0 Å². The highest BCUT2D eigenvalue weighted by Gasteiger charge is 2.77. The maximum absolute atomic E-state index is 14.1. The van der Waals surface area contributed by atoms with Crippen LogP contribution in [-0.4, -0.2) is 24.1 Å². The number of methoxy groups -OCH3 is 1. The maximum Gasteiger partial charge on any atom is 0.286 e. The zero-order valence-electron chi connectivity index (χ0n) is 16.9. The number of carbonyl (C=O) groups excluding carboxylic acids is 2.